The van der Waals surface area contributed by atoms with Crippen LogP contribution >= 0.6 is 0 Å². The second-order valence-electron chi connectivity index (χ2n) is 9.91. The van der Waals surface area contributed by atoms with Gasteiger partial charge in [-0.15, -0.1) is 0 Å². The fraction of sp³-hybridized carbons (Fsp3) is 0.400. The van der Waals surface area contributed by atoms with E-state index in [9.17, 15) is 14.0 Å². The molecule has 5 rings (SSSR count). The van der Waals surface area contributed by atoms with E-state index in [2.05, 4.69) is 5.32 Å². The maximum atomic E-state index is 13.8. The Bertz CT molecular complexity index is 1290. The molecule has 0 spiro atoms. The van der Waals surface area contributed by atoms with Gasteiger partial charge in [0.1, 0.15) is 23.9 Å². The van der Waals surface area contributed by atoms with Crippen LogP contribution in [0, 0.1) is 5.82 Å². The van der Waals surface area contributed by atoms with Crippen molar-refractivity contribution < 1.29 is 32.9 Å². The van der Waals surface area contributed by atoms with E-state index in [4.69, 9.17) is 18.9 Å². The third-order valence-corrected chi connectivity index (χ3v) is 7.56. The SMILES string of the molecule is COc1ccc(OC)c([C@@H]2C(C(=O)OC[C@@H]3CCCO3)=C(C)NC3=C2C(=O)C[C@H](c2ccc(F)cc2)C3)c1. The van der Waals surface area contributed by atoms with E-state index < -0.39 is 11.9 Å². The Labute approximate surface area is 221 Å². The molecule has 0 saturated carbocycles. The fourth-order valence-electron chi connectivity index (χ4n) is 5.68. The molecular weight excluding hydrogens is 489 g/mol. The van der Waals surface area contributed by atoms with Crippen LogP contribution in [0.5, 0.6) is 11.5 Å². The first-order valence-electron chi connectivity index (χ1n) is 12.9. The lowest BCUT2D eigenvalue weighted by Crippen LogP contribution is -2.36. The van der Waals surface area contributed by atoms with Crippen LogP contribution in [0.2, 0.25) is 0 Å². The van der Waals surface area contributed by atoms with Gasteiger partial charge in [-0.05, 0) is 68.0 Å². The average molecular weight is 522 g/mol. The summed E-state index contributed by atoms with van der Waals surface area (Å²) in [7, 11) is 3.12. The molecule has 7 nitrogen and oxygen atoms in total. The van der Waals surface area contributed by atoms with E-state index in [1.165, 1.54) is 12.1 Å². The highest BCUT2D eigenvalue weighted by Crippen LogP contribution is 2.48. The van der Waals surface area contributed by atoms with Gasteiger partial charge in [0.15, 0.2) is 5.78 Å². The number of ether oxygens (including phenoxy) is 4. The topological polar surface area (TPSA) is 83.1 Å². The first kappa shape index (κ1) is 26.0. The van der Waals surface area contributed by atoms with Gasteiger partial charge in [-0.3, -0.25) is 4.79 Å². The lowest BCUT2D eigenvalue weighted by molar-refractivity contribution is -0.142. The summed E-state index contributed by atoms with van der Waals surface area (Å²) in [5.74, 6) is -0.589. The minimum absolute atomic E-state index is 0.0834. The average Bonchev–Trinajstić information content (AvgIpc) is 3.44. The number of carbonyl (C=O) groups is 2. The Morgan fingerprint density at radius 2 is 1.89 bits per heavy atom. The first-order chi connectivity index (χ1) is 18.4. The number of Topliss-reactive ketones (excluding diaryl/α,β-unsaturated/α-hetero) is 1. The molecule has 2 heterocycles. The largest absolute Gasteiger partial charge is 0.497 e. The molecule has 2 aliphatic heterocycles. The van der Waals surface area contributed by atoms with Gasteiger partial charge in [-0.2, -0.15) is 0 Å². The van der Waals surface area contributed by atoms with Crippen molar-refractivity contribution in [2.24, 2.45) is 0 Å². The smallest absolute Gasteiger partial charge is 0.336 e. The number of allylic oxidation sites excluding steroid dienone is 3. The molecule has 2 aromatic carbocycles. The van der Waals surface area contributed by atoms with Crippen molar-refractivity contribution in [2.75, 3.05) is 27.4 Å². The number of ketones is 1. The molecule has 1 aliphatic carbocycles. The third kappa shape index (κ3) is 5.05. The van der Waals surface area contributed by atoms with Crippen molar-refractivity contribution in [3.05, 3.63) is 81.9 Å². The van der Waals surface area contributed by atoms with Crippen LogP contribution in [0.1, 0.15) is 55.6 Å². The van der Waals surface area contributed by atoms with Crippen molar-refractivity contribution >= 4 is 11.8 Å². The van der Waals surface area contributed by atoms with Crippen molar-refractivity contribution in [2.45, 2.75) is 50.5 Å². The van der Waals surface area contributed by atoms with E-state index >= 15 is 0 Å². The number of hydrogen-bond donors (Lipinski definition) is 1. The number of hydrogen-bond acceptors (Lipinski definition) is 7. The van der Waals surface area contributed by atoms with Gasteiger partial charge in [0.2, 0.25) is 0 Å². The Morgan fingerprint density at radius 3 is 2.58 bits per heavy atom. The molecule has 1 fully saturated rings. The van der Waals surface area contributed by atoms with Crippen molar-refractivity contribution in [1.82, 2.24) is 5.32 Å². The van der Waals surface area contributed by atoms with E-state index in [-0.39, 0.29) is 36.7 Å². The highest BCUT2D eigenvalue weighted by atomic mass is 19.1. The summed E-state index contributed by atoms with van der Waals surface area (Å²) in [5.41, 5.74) is 3.79. The molecule has 0 aromatic heterocycles. The number of dihydropyridines is 1. The molecule has 0 radical (unpaired) electrons. The normalized spacial score (nSPS) is 23.2. The zero-order valence-corrected chi connectivity index (χ0v) is 21.8. The minimum Gasteiger partial charge on any atom is -0.497 e. The lowest BCUT2D eigenvalue weighted by Gasteiger charge is -2.37. The minimum atomic E-state index is -0.699. The first-order valence-corrected chi connectivity index (χ1v) is 12.9. The number of benzene rings is 2. The number of carbonyl (C=O) groups excluding carboxylic acids is 2. The van der Waals surface area contributed by atoms with Crippen molar-refractivity contribution in [1.29, 1.82) is 0 Å². The Balaban J connectivity index is 1.56. The quantitative estimate of drug-likeness (QED) is 0.518. The van der Waals surface area contributed by atoms with Crippen molar-refractivity contribution in [3.63, 3.8) is 0 Å². The number of halogens is 1. The molecule has 0 amide bonds. The number of methoxy groups -OCH3 is 2. The molecule has 0 unspecified atom stereocenters. The summed E-state index contributed by atoms with van der Waals surface area (Å²) in [6.45, 7) is 2.64. The lowest BCUT2D eigenvalue weighted by atomic mass is 9.71. The summed E-state index contributed by atoms with van der Waals surface area (Å²) < 4.78 is 36.1. The Morgan fingerprint density at radius 1 is 1.11 bits per heavy atom. The van der Waals surface area contributed by atoms with Gasteiger partial charge in [0, 0.05) is 35.6 Å². The number of rotatable bonds is 7. The van der Waals surface area contributed by atoms with Crippen molar-refractivity contribution in [3.8, 4) is 11.5 Å². The molecule has 3 aliphatic rings. The zero-order valence-electron chi connectivity index (χ0n) is 21.8. The standard InChI is InChI=1S/C30H32FNO6/c1-17-27(30(34)38-16-22-5-4-12-37-22)28(23-15-21(35-2)10-11-26(23)36-3)29-24(32-17)13-19(14-25(29)33)18-6-8-20(31)9-7-18/h6-11,15,19,22,28,32H,4-5,12-14,16H2,1-3H3/t19-,22+,28-/m1/s1. The Kier molecular flexibility index (Phi) is 7.51. The van der Waals surface area contributed by atoms with Gasteiger partial charge in [0.05, 0.1) is 31.8 Å². The highest BCUT2D eigenvalue weighted by molar-refractivity contribution is 6.04. The third-order valence-electron chi connectivity index (χ3n) is 7.56. The van der Waals surface area contributed by atoms with Crippen LogP contribution in [0.25, 0.3) is 0 Å². The van der Waals surface area contributed by atoms with E-state index in [0.29, 0.717) is 46.9 Å². The Hall–Kier alpha value is -3.65. The fourth-order valence-corrected chi connectivity index (χ4v) is 5.68. The molecule has 200 valence electrons. The highest BCUT2D eigenvalue weighted by Gasteiger charge is 2.42. The maximum Gasteiger partial charge on any atom is 0.336 e. The summed E-state index contributed by atoms with van der Waals surface area (Å²) in [6, 6.07) is 11.6. The molecule has 1 saturated heterocycles. The van der Waals surface area contributed by atoms with E-state index in [1.807, 2.05) is 6.92 Å². The predicted octanol–water partition coefficient (Wildman–Crippen LogP) is 4.93. The van der Waals surface area contributed by atoms with Gasteiger partial charge >= 0.3 is 5.97 Å². The van der Waals surface area contributed by atoms with E-state index in [0.717, 1.165) is 24.1 Å². The van der Waals surface area contributed by atoms with Gasteiger partial charge in [-0.1, -0.05) is 12.1 Å². The maximum absolute atomic E-state index is 13.8. The molecular formula is C30H32FNO6. The zero-order chi connectivity index (χ0) is 26.8. The molecule has 3 atom stereocenters. The summed E-state index contributed by atoms with van der Waals surface area (Å²) in [6.07, 6.45) is 2.45. The molecule has 2 aromatic rings. The van der Waals surface area contributed by atoms with Crippen LogP contribution < -0.4 is 14.8 Å². The summed E-state index contributed by atoms with van der Waals surface area (Å²) in [5, 5.41) is 3.34. The molecule has 0 bridgehead atoms. The second-order valence-corrected chi connectivity index (χ2v) is 9.91. The number of esters is 1. The van der Waals surface area contributed by atoms with Crippen LogP contribution in [-0.4, -0.2) is 45.3 Å². The summed E-state index contributed by atoms with van der Waals surface area (Å²) >= 11 is 0. The monoisotopic (exact) mass is 521 g/mol. The molecule has 38 heavy (non-hydrogen) atoms. The van der Waals surface area contributed by atoms with E-state index in [1.54, 1.807) is 44.6 Å². The van der Waals surface area contributed by atoms with Crippen LogP contribution in [0.3, 0.4) is 0 Å². The summed E-state index contributed by atoms with van der Waals surface area (Å²) in [4.78, 5) is 27.4. The van der Waals surface area contributed by atoms with Crippen LogP contribution in [0.15, 0.2) is 65.0 Å². The van der Waals surface area contributed by atoms with Gasteiger partial charge in [0.25, 0.3) is 0 Å². The number of nitrogens with one attached hydrogen (secondary N) is 1. The van der Waals surface area contributed by atoms with Crippen LogP contribution in [-0.2, 0) is 19.1 Å². The predicted molar refractivity (Wildman–Crippen MR) is 138 cm³/mol. The second kappa shape index (κ2) is 11.0. The van der Waals surface area contributed by atoms with Gasteiger partial charge < -0.3 is 24.3 Å². The molecule has 1 N–H and O–H groups in total. The molecule has 8 heteroatoms. The van der Waals surface area contributed by atoms with Gasteiger partial charge in [-0.25, -0.2) is 9.18 Å². The van der Waals surface area contributed by atoms with Crippen LogP contribution in [0.4, 0.5) is 4.39 Å².